The first kappa shape index (κ1) is 36.7. The van der Waals surface area contributed by atoms with Crippen LogP contribution in [0.1, 0.15) is 25.0 Å². The Morgan fingerprint density at radius 2 is 1.05 bits per heavy atom. The van der Waals surface area contributed by atoms with Gasteiger partial charge in [-0.05, 0) is 68.9 Å². The molecule has 0 amide bonds. The summed E-state index contributed by atoms with van der Waals surface area (Å²) >= 11 is 0. The van der Waals surface area contributed by atoms with E-state index < -0.39 is 0 Å². The average Bonchev–Trinajstić information content (AvgIpc) is 3.70. The largest absolute Gasteiger partial charge is 0.310 e. The molecule has 0 saturated heterocycles. The summed E-state index contributed by atoms with van der Waals surface area (Å²) in [6, 6.07) is 78.5. The Morgan fingerprint density at radius 3 is 1.84 bits per heavy atom. The van der Waals surface area contributed by atoms with Crippen molar-refractivity contribution in [1.29, 1.82) is 0 Å². The molecule has 0 N–H and O–H groups in total. The standard InChI is InChI=1S/C59H42N4/c1-59(2)49-27-14-15-28-52(49)62(45-22-10-5-11-23-45)54-37-44(33-35-50(54)59)47-25-16-26-48-56-46-24-13-12-19-41(46)34-36-53(56)63(57(47)48)55-38-51(60-58(61-55)43-20-8-4-9-21-43)42-31-29-40(30-32-42)39-17-6-3-7-18-39/h3-38H,1-2H3. The van der Waals surface area contributed by atoms with Crippen molar-refractivity contribution in [3.63, 3.8) is 0 Å². The molecular weight excluding hydrogens is 765 g/mol. The van der Waals surface area contributed by atoms with Crippen LogP contribution in [0.4, 0.5) is 17.1 Å². The van der Waals surface area contributed by atoms with Crippen molar-refractivity contribution in [3.8, 4) is 50.7 Å². The molecule has 0 bridgehead atoms. The molecule has 1 aliphatic rings. The third-order valence-electron chi connectivity index (χ3n) is 13.0. The lowest BCUT2D eigenvalue weighted by atomic mass is 9.73. The molecule has 0 aliphatic carbocycles. The molecule has 2 aromatic heterocycles. The highest BCUT2D eigenvalue weighted by Gasteiger charge is 2.37. The second kappa shape index (κ2) is 14.5. The van der Waals surface area contributed by atoms with Crippen LogP contribution in [0.3, 0.4) is 0 Å². The van der Waals surface area contributed by atoms with E-state index in [1.807, 2.05) is 6.07 Å². The molecule has 298 valence electrons. The van der Waals surface area contributed by atoms with Crippen LogP contribution in [0.5, 0.6) is 0 Å². The van der Waals surface area contributed by atoms with E-state index in [9.17, 15) is 0 Å². The van der Waals surface area contributed by atoms with Crippen LogP contribution < -0.4 is 4.90 Å². The molecule has 3 heterocycles. The molecule has 63 heavy (non-hydrogen) atoms. The molecule has 9 aromatic carbocycles. The number of hydrogen-bond donors (Lipinski definition) is 0. The number of fused-ring (bicyclic) bond motifs is 7. The Bertz CT molecular complexity index is 3520. The van der Waals surface area contributed by atoms with Crippen molar-refractivity contribution in [3.05, 3.63) is 230 Å². The zero-order valence-corrected chi connectivity index (χ0v) is 35.1. The molecule has 0 fully saturated rings. The van der Waals surface area contributed by atoms with Crippen LogP contribution in [-0.2, 0) is 5.41 Å². The second-order valence-electron chi connectivity index (χ2n) is 17.0. The summed E-state index contributed by atoms with van der Waals surface area (Å²) in [7, 11) is 0. The molecule has 4 nitrogen and oxygen atoms in total. The van der Waals surface area contributed by atoms with Gasteiger partial charge in [-0.1, -0.05) is 196 Å². The summed E-state index contributed by atoms with van der Waals surface area (Å²) in [5.74, 6) is 1.49. The molecule has 0 saturated carbocycles. The Labute approximate surface area is 367 Å². The van der Waals surface area contributed by atoms with Crippen LogP contribution in [0.2, 0.25) is 0 Å². The van der Waals surface area contributed by atoms with E-state index in [1.54, 1.807) is 0 Å². The summed E-state index contributed by atoms with van der Waals surface area (Å²) in [5.41, 5.74) is 15.6. The van der Waals surface area contributed by atoms with E-state index in [2.05, 4.69) is 236 Å². The smallest absolute Gasteiger partial charge is 0.162 e. The van der Waals surface area contributed by atoms with Gasteiger partial charge in [0.2, 0.25) is 0 Å². The minimum Gasteiger partial charge on any atom is -0.310 e. The van der Waals surface area contributed by atoms with Crippen LogP contribution in [0.15, 0.2) is 218 Å². The Hall–Kier alpha value is -8.08. The first-order valence-electron chi connectivity index (χ1n) is 21.7. The van der Waals surface area contributed by atoms with Gasteiger partial charge in [-0.15, -0.1) is 0 Å². The third-order valence-corrected chi connectivity index (χ3v) is 13.0. The summed E-state index contributed by atoms with van der Waals surface area (Å²) in [5, 5.41) is 4.80. The molecule has 0 unspecified atom stereocenters. The van der Waals surface area contributed by atoms with E-state index in [0.717, 1.165) is 50.5 Å². The van der Waals surface area contributed by atoms with Crippen LogP contribution in [-0.4, -0.2) is 14.5 Å². The van der Waals surface area contributed by atoms with Crippen molar-refractivity contribution in [2.45, 2.75) is 19.3 Å². The van der Waals surface area contributed by atoms with E-state index >= 15 is 0 Å². The van der Waals surface area contributed by atoms with Crippen LogP contribution >= 0.6 is 0 Å². The fourth-order valence-electron chi connectivity index (χ4n) is 9.92. The Morgan fingerprint density at radius 1 is 0.429 bits per heavy atom. The number of nitrogens with zero attached hydrogens (tertiary/aromatic N) is 4. The third kappa shape index (κ3) is 5.98. The first-order valence-corrected chi connectivity index (χ1v) is 21.7. The van der Waals surface area contributed by atoms with Crippen LogP contribution in [0.25, 0.3) is 83.3 Å². The van der Waals surface area contributed by atoms with Gasteiger partial charge in [0, 0.05) is 44.6 Å². The van der Waals surface area contributed by atoms with E-state index in [-0.39, 0.29) is 5.41 Å². The van der Waals surface area contributed by atoms with Gasteiger partial charge in [-0.3, -0.25) is 4.57 Å². The number of rotatable bonds is 6. The predicted molar refractivity (Wildman–Crippen MR) is 262 cm³/mol. The van der Waals surface area contributed by atoms with Gasteiger partial charge in [-0.2, -0.15) is 0 Å². The predicted octanol–water partition coefficient (Wildman–Crippen LogP) is 15.5. The number of benzene rings is 9. The van der Waals surface area contributed by atoms with Crippen molar-refractivity contribution in [2.24, 2.45) is 0 Å². The van der Waals surface area contributed by atoms with Gasteiger partial charge in [0.05, 0.1) is 28.1 Å². The Kier molecular flexibility index (Phi) is 8.48. The average molecular weight is 807 g/mol. The highest BCUT2D eigenvalue weighted by Crippen LogP contribution is 2.53. The maximum Gasteiger partial charge on any atom is 0.162 e. The number of anilines is 3. The molecule has 0 spiro atoms. The van der Waals surface area contributed by atoms with Gasteiger partial charge >= 0.3 is 0 Å². The van der Waals surface area contributed by atoms with Crippen LogP contribution in [0, 0.1) is 0 Å². The van der Waals surface area contributed by atoms with E-state index in [0.29, 0.717) is 5.82 Å². The van der Waals surface area contributed by atoms with Gasteiger partial charge in [-0.25, -0.2) is 9.97 Å². The van der Waals surface area contributed by atoms with Crippen molar-refractivity contribution in [1.82, 2.24) is 14.5 Å². The lowest BCUT2D eigenvalue weighted by Gasteiger charge is -2.42. The van der Waals surface area contributed by atoms with Crippen molar-refractivity contribution < 1.29 is 0 Å². The molecular formula is C59H42N4. The zero-order chi connectivity index (χ0) is 42.1. The van der Waals surface area contributed by atoms with E-state index in [1.165, 1.54) is 55.2 Å². The summed E-state index contributed by atoms with van der Waals surface area (Å²) < 4.78 is 2.38. The molecule has 12 rings (SSSR count). The van der Waals surface area contributed by atoms with Gasteiger partial charge in [0.25, 0.3) is 0 Å². The topological polar surface area (TPSA) is 34.0 Å². The summed E-state index contributed by atoms with van der Waals surface area (Å²) in [6.45, 7) is 4.70. The minimum absolute atomic E-state index is 0.208. The molecule has 11 aromatic rings. The molecule has 4 heteroatoms. The quantitative estimate of drug-likeness (QED) is 0.168. The second-order valence-corrected chi connectivity index (χ2v) is 17.0. The SMILES string of the molecule is CC1(C)c2ccccc2N(c2ccccc2)c2cc(-c3cccc4c5c6ccccc6ccc5n(-c5cc(-c6ccc(-c7ccccc7)cc6)nc(-c6ccccc6)n5)c34)ccc21. The van der Waals surface area contributed by atoms with Crippen molar-refractivity contribution >= 4 is 49.6 Å². The van der Waals surface area contributed by atoms with Crippen molar-refractivity contribution in [2.75, 3.05) is 4.90 Å². The lowest BCUT2D eigenvalue weighted by molar-refractivity contribution is 0.632. The number of para-hydroxylation sites is 3. The zero-order valence-electron chi connectivity index (χ0n) is 35.1. The maximum atomic E-state index is 5.46. The fourth-order valence-corrected chi connectivity index (χ4v) is 9.92. The van der Waals surface area contributed by atoms with E-state index in [4.69, 9.17) is 9.97 Å². The van der Waals surface area contributed by atoms with Gasteiger partial charge < -0.3 is 4.90 Å². The Balaban J connectivity index is 1.13. The van der Waals surface area contributed by atoms with Gasteiger partial charge in [0.1, 0.15) is 5.82 Å². The minimum atomic E-state index is -0.208. The van der Waals surface area contributed by atoms with Gasteiger partial charge in [0.15, 0.2) is 5.82 Å². The number of hydrogen-bond acceptors (Lipinski definition) is 3. The highest BCUT2D eigenvalue weighted by molar-refractivity contribution is 6.23. The fraction of sp³-hybridized carbons (Fsp3) is 0.0508. The highest BCUT2D eigenvalue weighted by atomic mass is 15.2. The summed E-state index contributed by atoms with van der Waals surface area (Å²) in [6.07, 6.45) is 0. The maximum absolute atomic E-state index is 5.46. The lowest BCUT2D eigenvalue weighted by Crippen LogP contribution is -2.30. The number of aromatic nitrogens is 3. The first-order chi connectivity index (χ1) is 31.0. The monoisotopic (exact) mass is 806 g/mol. The molecule has 0 radical (unpaired) electrons. The molecule has 0 atom stereocenters. The molecule has 1 aliphatic heterocycles. The normalized spacial score (nSPS) is 13.0. The summed E-state index contributed by atoms with van der Waals surface area (Å²) in [4.78, 5) is 13.2.